The Morgan fingerprint density at radius 3 is 2.80 bits per heavy atom. The van der Waals surface area contributed by atoms with Crippen molar-refractivity contribution < 1.29 is 9.90 Å². The van der Waals surface area contributed by atoms with Gasteiger partial charge in [0, 0.05) is 17.7 Å². The van der Waals surface area contributed by atoms with Crippen molar-refractivity contribution in [2.24, 2.45) is 5.92 Å². The molecule has 20 heavy (non-hydrogen) atoms. The number of aliphatic hydroxyl groups is 1. The number of hydrogen-bond acceptors (Lipinski definition) is 2. The highest BCUT2D eigenvalue weighted by atomic mass is 35.5. The molecule has 0 radical (unpaired) electrons. The molecule has 0 spiro atoms. The van der Waals surface area contributed by atoms with E-state index in [2.05, 4.69) is 31.0 Å². The molecule has 0 fully saturated rings. The van der Waals surface area contributed by atoms with E-state index in [1.54, 1.807) is 18.2 Å². The molecular weight excluding hydrogens is 274 g/mol. The molecule has 0 saturated carbocycles. The van der Waals surface area contributed by atoms with Crippen LogP contribution in [-0.2, 0) is 0 Å². The summed E-state index contributed by atoms with van der Waals surface area (Å²) in [5.74, 6) is 5.77. The summed E-state index contributed by atoms with van der Waals surface area (Å²) >= 11 is 6.05. The van der Waals surface area contributed by atoms with Crippen molar-refractivity contribution in [3.63, 3.8) is 0 Å². The fourth-order valence-corrected chi connectivity index (χ4v) is 1.93. The van der Waals surface area contributed by atoms with Crippen LogP contribution in [0.1, 0.15) is 42.6 Å². The van der Waals surface area contributed by atoms with E-state index in [1.807, 2.05) is 0 Å². The minimum absolute atomic E-state index is 0.127. The number of amides is 1. The summed E-state index contributed by atoms with van der Waals surface area (Å²) in [6, 6.07) is 4.97. The third-order valence-electron chi connectivity index (χ3n) is 2.78. The molecule has 3 nitrogen and oxygen atoms in total. The predicted molar refractivity (Wildman–Crippen MR) is 81.8 cm³/mol. The molecule has 0 atom stereocenters. The number of nitrogens with one attached hydrogen (secondary N) is 1. The first-order chi connectivity index (χ1) is 9.54. The number of benzene rings is 1. The van der Waals surface area contributed by atoms with Gasteiger partial charge in [-0.3, -0.25) is 4.79 Å². The summed E-state index contributed by atoms with van der Waals surface area (Å²) < 4.78 is 0. The third-order valence-corrected chi connectivity index (χ3v) is 3.09. The first-order valence-corrected chi connectivity index (χ1v) is 7.10. The molecule has 0 aromatic heterocycles. The minimum Gasteiger partial charge on any atom is -0.384 e. The minimum atomic E-state index is -0.214. The Morgan fingerprint density at radius 1 is 1.45 bits per heavy atom. The van der Waals surface area contributed by atoms with Crippen molar-refractivity contribution in [1.29, 1.82) is 0 Å². The Kier molecular flexibility index (Phi) is 7.14. The number of carbonyl (C=O) groups excluding carboxylic acids is 1. The maximum absolute atomic E-state index is 11.9. The van der Waals surface area contributed by atoms with E-state index in [1.165, 1.54) is 0 Å². The van der Waals surface area contributed by atoms with Crippen LogP contribution in [0.4, 0.5) is 0 Å². The summed E-state index contributed by atoms with van der Waals surface area (Å²) in [5.41, 5.74) is 1.13. The van der Waals surface area contributed by atoms with Gasteiger partial charge in [0.15, 0.2) is 0 Å². The van der Waals surface area contributed by atoms with Gasteiger partial charge in [0.25, 0.3) is 5.91 Å². The van der Waals surface area contributed by atoms with Crippen LogP contribution in [-0.4, -0.2) is 24.2 Å². The number of aliphatic hydroxyl groups excluding tert-OH is 1. The summed E-state index contributed by atoms with van der Waals surface area (Å²) in [7, 11) is 0. The Labute approximate surface area is 125 Å². The fraction of sp³-hybridized carbons (Fsp3) is 0.438. The van der Waals surface area contributed by atoms with Gasteiger partial charge in [0.1, 0.15) is 6.61 Å². The van der Waals surface area contributed by atoms with E-state index in [0.717, 1.165) is 12.8 Å². The number of carbonyl (C=O) groups is 1. The van der Waals surface area contributed by atoms with Crippen molar-refractivity contribution in [3.8, 4) is 11.8 Å². The largest absolute Gasteiger partial charge is 0.384 e. The molecule has 0 aliphatic carbocycles. The molecule has 2 N–H and O–H groups in total. The topological polar surface area (TPSA) is 49.3 Å². The zero-order chi connectivity index (χ0) is 15.0. The smallest absolute Gasteiger partial charge is 0.251 e. The molecule has 4 heteroatoms. The zero-order valence-electron chi connectivity index (χ0n) is 11.9. The highest BCUT2D eigenvalue weighted by molar-refractivity contribution is 6.32. The van der Waals surface area contributed by atoms with E-state index in [0.29, 0.717) is 28.6 Å². The highest BCUT2D eigenvalue weighted by Gasteiger charge is 2.07. The Morgan fingerprint density at radius 2 is 2.20 bits per heavy atom. The van der Waals surface area contributed by atoms with Crippen molar-refractivity contribution in [2.45, 2.75) is 26.7 Å². The average molecular weight is 294 g/mol. The summed E-state index contributed by atoms with van der Waals surface area (Å²) in [6.45, 7) is 4.77. The zero-order valence-corrected chi connectivity index (χ0v) is 12.6. The van der Waals surface area contributed by atoms with Gasteiger partial charge in [-0.2, -0.15) is 0 Å². The van der Waals surface area contributed by atoms with Gasteiger partial charge in [-0.05, 0) is 37.0 Å². The van der Waals surface area contributed by atoms with Crippen LogP contribution in [0.3, 0.4) is 0 Å². The normalized spacial score (nSPS) is 10.1. The van der Waals surface area contributed by atoms with Crippen LogP contribution in [0.25, 0.3) is 0 Å². The molecule has 1 aromatic rings. The molecule has 1 rings (SSSR count). The van der Waals surface area contributed by atoms with Gasteiger partial charge in [0.05, 0.1) is 5.02 Å². The monoisotopic (exact) mass is 293 g/mol. The van der Waals surface area contributed by atoms with Gasteiger partial charge in [-0.15, -0.1) is 0 Å². The summed E-state index contributed by atoms with van der Waals surface area (Å²) in [4.78, 5) is 11.9. The van der Waals surface area contributed by atoms with E-state index >= 15 is 0 Å². The molecule has 0 heterocycles. The van der Waals surface area contributed by atoms with Gasteiger partial charge < -0.3 is 10.4 Å². The molecule has 0 unspecified atom stereocenters. The van der Waals surface area contributed by atoms with E-state index in [9.17, 15) is 4.79 Å². The van der Waals surface area contributed by atoms with Gasteiger partial charge >= 0.3 is 0 Å². The van der Waals surface area contributed by atoms with E-state index in [4.69, 9.17) is 16.7 Å². The molecule has 0 aliphatic heterocycles. The molecule has 1 aromatic carbocycles. The van der Waals surface area contributed by atoms with E-state index in [-0.39, 0.29) is 12.5 Å². The van der Waals surface area contributed by atoms with Crippen LogP contribution in [0.15, 0.2) is 18.2 Å². The van der Waals surface area contributed by atoms with Crippen molar-refractivity contribution in [2.75, 3.05) is 13.2 Å². The highest BCUT2D eigenvalue weighted by Crippen LogP contribution is 2.17. The molecule has 1 amide bonds. The summed E-state index contributed by atoms with van der Waals surface area (Å²) in [6.07, 6.45) is 2.06. The number of halogens is 1. The Bertz CT molecular complexity index is 515. The average Bonchev–Trinajstić information content (AvgIpc) is 2.41. The maximum atomic E-state index is 11.9. The summed E-state index contributed by atoms with van der Waals surface area (Å²) in [5, 5.41) is 11.9. The third kappa shape index (κ3) is 5.64. The quantitative estimate of drug-likeness (QED) is 0.648. The second kappa shape index (κ2) is 8.63. The van der Waals surface area contributed by atoms with Crippen LogP contribution in [0.5, 0.6) is 0 Å². The van der Waals surface area contributed by atoms with Crippen molar-refractivity contribution in [1.82, 2.24) is 5.32 Å². The number of rotatable bonds is 5. The fourth-order valence-electron chi connectivity index (χ4n) is 1.71. The SMILES string of the molecule is CC(C)CCCNC(=O)c1ccc(C#CCO)c(Cl)c1. The predicted octanol–water partition coefficient (Wildman–Crippen LogP) is 2.85. The first kappa shape index (κ1) is 16.6. The maximum Gasteiger partial charge on any atom is 0.251 e. The second-order valence-corrected chi connectivity index (χ2v) is 5.35. The van der Waals surface area contributed by atoms with Crippen LogP contribution in [0.2, 0.25) is 5.02 Å². The first-order valence-electron chi connectivity index (χ1n) is 6.72. The molecule has 0 aliphatic rings. The lowest BCUT2D eigenvalue weighted by molar-refractivity contribution is 0.0952. The van der Waals surface area contributed by atoms with Crippen LogP contribution < -0.4 is 5.32 Å². The lowest BCUT2D eigenvalue weighted by atomic mass is 10.1. The lowest BCUT2D eigenvalue weighted by Gasteiger charge is -2.07. The van der Waals surface area contributed by atoms with Crippen molar-refractivity contribution in [3.05, 3.63) is 34.3 Å². The van der Waals surface area contributed by atoms with Gasteiger partial charge in [-0.1, -0.05) is 37.3 Å². The Hall–Kier alpha value is -1.50. The molecular formula is C16H20ClNO2. The standard InChI is InChI=1S/C16H20ClNO2/c1-12(2)5-3-9-18-16(20)14-8-7-13(6-4-10-19)15(17)11-14/h7-8,11-12,19H,3,5,9-10H2,1-2H3,(H,18,20). The van der Waals surface area contributed by atoms with Crippen molar-refractivity contribution >= 4 is 17.5 Å². The number of hydrogen-bond donors (Lipinski definition) is 2. The second-order valence-electron chi connectivity index (χ2n) is 4.95. The van der Waals surface area contributed by atoms with E-state index < -0.39 is 0 Å². The van der Waals surface area contributed by atoms with Crippen LogP contribution >= 0.6 is 11.6 Å². The van der Waals surface area contributed by atoms with Crippen LogP contribution in [0, 0.1) is 17.8 Å². The molecule has 108 valence electrons. The van der Waals surface area contributed by atoms with Gasteiger partial charge in [0.2, 0.25) is 0 Å². The molecule has 0 saturated heterocycles. The lowest BCUT2D eigenvalue weighted by Crippen LogP contribution is -2.24. The van der Waals surface area contributed by atoms with Gasteiger partial charge in [-0.25, -0.2) is 0 Å². The molecule has 0 bridgehead atoms. The Balaban J connectivity index is 2.59.